The molecule has 1 heteroatoms. The maximum Gasteiger partial charge on any atom is 0.0301 e. The van der Waals surface area contributed by atoms with E-state index in [0.29, 0.717) is 11.5 Å². The average molecular weight is 570 g/mol. The maximum atomic E-state index is 4.12. The largest absolute Gasteiger partial charge is 0.382 e. The molecule has 6 aliphatic carbocycles. The first-order valence-electron chi connectivity index (χ1n) is 18.9. The number of rotatable bonds is 14. The van der Waals surface area contributed by atoms with Gasteiger partial charge in [-0.15, -0.1) is 0 Å². The van der Waals surface area contributed by atoms with Crippen LogP contribution in [0.15, 0.2) is 57.9 Å². The van der Waals surface area contributed by atoms with Crippen LogP contribution in [0, 0.1) is 29.1 Å². The summed E-state index contributed by atoms with van der Waals surface area (Å²) in [6.07, 6.45) is 41.1. The van der Waals surface area contributed by atoms with Crippen molar-refractivity contribution >= 4 is 0 Å². The Kier molecular flexibility index (Phi) is 10.2. The van der Waals surface area contributed by atoms with E-state index in [4.69, 9.17) is 0 Å². The Morgan fingerprint density at radius 2 is 1.52 bits per heavy atom. The summed E-state index contributed by atoms with van der Waals surface area (Å²) in [7, 11) is 0. The molecule has 232 valence electrons. The van der Waals surface area contributed by atoms with E-state index >= 15 is 0 Å². The fourth-order valence-corrected chi connectivity index (χ4v) is 10.2. The molecule has 0 aromatic carbocycles. The quantitative estimate of drug-likeness (QED) is 0.162. The molecule has 6 aliphatic rings. The molecular weight excluding hydrogens is 506 g/mol. The van der Waals surface area contributed by atoms with Crippen molar-refractivity contribution in [1.82, 2.24) is 5.32 Å². The standard InChI is InChI=1S/C41H63N/c1-4-6-8-10-12-26-41(25-11-9-7-5-2)39-28-34(31-15-13-30(3)14-16-31)20-23-37(39)38-24-22-36(29-40(38)41)42-35-21-19-32-17-18-33(32)27-35/h13,21,23,27,31-32,34,36,39,42H,4-12,14-20,22,24-26,28-29H2,1-3H3. The summed E-state index contributed by atoms with van der Waals surface area (Å²) in [5.74, 6) is 3.51. The highest BCUT2D eigenvalue weighted by atomic mass is 14.9. The molecule has 0 amide bonds. The first-order chi connectivity index (χ1) is 20.6. The van der Waals surface area contributed by atoms with Gasteiger partial charge in [0.2, 0.25) is 0 Å². The zero-order chi connectivity index (χ0) is 28.9. The van der Waals surface area contributed by atoms with Crippen molar-refractivity contribution in [3.63, 3.8) is 0 Å². The summed E-state index contributed by atoms with van der Waals surface area (Å²) in [4.78, 5) is 0. The molecule has 0 bridgehead atoms. The highest BCUT2D eigenvalue weighted by Crippen LogP contribution is 2.64. The Labute approximate surface area is 259 Å². The average Bonchev–Trinajstić information content (AvgIpc) is 3.25. The lowest BCUT2D eigenvalue weighted by Crippen LogP contribution is -2.38. The van der Waals surface area contributed by atoms with Gasteiger partial charge >= 0.3 is 0 Å². The molecular formula is C41H63N. The third-order valence-electron chi connectivity index (χ3n) is 12.9. The van der Waals surface area contributed by atoms with Crippen LogP contribution in [0.4, 0.5) is 0 Å². The molecule has 1 nitrogen and oxygen atoms in total. The lowest BCUT2D eigenvalue weighted by molar-refractivity contribution is 0.141. The Hall–Kier alpha value is -1.50. The summed E-state index contributed by atoms with van der Waals surface area (Å²) < 4.78 is 0. The predicted octanol–water partition coefficient (Wildman–Crippen LogP) is 12.1. The summed E-state index contributed by atoms with van der Waals surface area (Å²) in [5.41, 5.74) is 11.0. The SMILES string of the molecule is CCCCCCCC1(CCCCCC)C2=C(CCC(NC3=CCC4CCC4=C3)C2)C2=CCC(C3CC=C(C)CC3)CC21. The van der Waals surface area contributed by atoms with Crippen LogP contribution in [0.3, 0.4) is 0 Å². The van der Waals surface area contributed by atoms with Crippen LogP contribution in [0.1, 0.15) is 162 Å². The first-order valence-corrected chi connectivity index (χ1v) is 18.9. The monoisotopic (exact) mass is 569 g/mol. The van der Waals surface area contributed by atoms with E-state index in [9.17, 15) is 0 Å². The van der Waals surface area contributed by atoms with Gasteiger partial charge in [0, 0.05) is 11.7 Å². The van der Waals surface area contributed by atoms with E-state index in [1.54, 1.807) is 11.1 Å². The number of unbranched alkanes of at least 4 members (excludes halogenated alkanes) is 7. The van der Waals surface area contributed by atoms with E-state index in [1.165, 1.54) is 147 Å². The number of fused-ring (bicyclic) bond motifs is 3. The maximum absolute atomic E-state index is 4.12. The molecule has 0 saturated heterocycles. The van der Waals surface area contributed by atoms with Crippen LogP contribution >= 0.6 is 0 Å². The van der Waals surface area contributed by atoms with Crippen LogP contribution in [-0.2, 0) is 0 Å². The zero-order valence-corrected chi connectivity index (χ0v) is 27.8. The second-order valence-corrected chi connectivity index (χ2v) is 15.6. The van der Waals surface area contributed by atoms with Gasteiger partial charge in [-0.1, -0.05) is 107 Å². The van der Waals surface area contributed by atoms with Crippen molar-refractivity contribution in [3.8, 4) is 0 Å². The van der Waals surface area contributed by atoms with E-state index < -0.39 is 0 Å². The molecule has 0 aromatic heterocycles. The van der Waals surface area contributed by atoms with Crippen molar-refractivity contribution in [3.05, 3.63) is 57.9 Å². The van der Waals surface area contributed by atoms with Crippen LogP contribution in [0.2, 0.25) is 0 Å². The Balaban J connectivity index is 1.26. The summed E-state index contributed by atoms with van der Waals surface area (Å²) >= 11 is 0. The predicted molar refractivity (Wildman–Crippen MR) is 181 cm³/mol. The zero-order valence-electron chi connectivity index (χ0n) is 27.8. The molecule has 0 spiro atoms. The Morgan fingerprint density at radius 1 is 0.762 bits per heavy atom. The van der Waals surface area contributed by atoms with Crippen LogP contribution in [0.5, 0.6) is 0 Å². The van der Waals surface area contributed by atoms with Gasteiger partial charge in [-0.2, -0.15) is 0 Å². The molecule has 0 heterocycles. The molecule has 1 N–H and O–H groups in total. The second kappa shape index (κ2) is 14.1. The van der Waals surface area contributed by atoms with E-state index in [-0.39, 0.29) is 0 Å². The molecule has 6 unspecified atom stereocenters. The first kappa shape index (κ1) is 30.5. The third-order valence-corrected chi connectivity index (χ3v) is 12.9. The Bertz CT molecular complexity index is 1100. The fourth-order valence-electron chi connectivity index (χ4n) is 10.2. The molecule has 6 atom stereocenters. The van der Waals surface area contributed by atoms with Gasteiger partial charge in [-0.3, -0.25) is 0 Å². The summed E-state index contributed by atoms with van der Waals surface area (Å²) in [6.45, 7) is 7.10. The molecule has 0 aliphatic heterocycles. The smallest absolute Gasteiger partial charge is 0.0301 e. The highest BCUT2D eigenvalue weighted by Gasteiger charge is 2.52. The normalized spacial score (nSPS) is 33.9. The second-order valence-electron chi connectivity index (χ2n) is 15.6. The molecule has 1 fully saturated rings. The highest BCUT2D eigenvalue weighted by molar-refractivity contribution is 5.51. The summed E-state index contributed by atoms with van der Waals surface area (Å²) in [5, 5.41) is 4.12. The molecule has 0 aromatic rings. The molecule has 1 saturated carbocycles. The van der Waals surface area contributed by atoms with Crippen LogP contribution < -0.4 is 5.32 Å². The lowest BCUT2D eigenvalue weighted by atomic mass is 9.60. The third kappa shape index (κ3) is 6.47. The minimum atomic E-state index is 0.443. The minimum Gasteiger partial charge on any atom is -0.382 e. The number of nitrogens with one attached hydrogen (secondary N) is 1. The van der Waals surface area contributed by atoms with Crippen LogP contribution in [-0.4, -0.2) is 6.04 Å². The fraction of sp³-hybridized carbons (Fsp3) is 0.756. The Morgan fingerprint density at radius 3 is 2.21 bits per heavy atom. The van der Waals surface area contributed by atoms with Crippen molar-refractivity contribution in [2.75, 3.05) is 0 Å². The van der Waals surface area contributed by atoms with Crippen molar-refractivity contribution < 1.29 is 0 Å². The number of hydrogen-bond acceptors (Lipinski definition) is 1. The molecule has 42 heavy (non-hydrogen) atoms. The van der Waals surface area contributed by atoms with Gasteiger partial charge in [0.25, 0.3) is 0 Å². The van der Waals surface area contributed by atoms with Crippen molar-refractivity contribution in [1.29, 1.82) is 0 Å². The van der Waals surface area contributed by atoms with E-state index in [2.05, 4.69) is 50.4 Å². The van der Waals surface area contributed by atoms with Gasteiger partial charge in [0.1, 0.15) is 0 Å². The van der Waals surface area contributed by atoms with Gasteiger partial charge in [-0.05, 0) is 137 Å². The van der Waals surface area contributed by atoms with Gasteiger partial charge < -0.3 is 5.32 Å². The molecule has 6 rings (SSSR count). The van der Waals surface area contributed by atoms with Gasteiger partial charge in [0.05, 0.1) is 0 Å². The van der Waals surface area contributed by atoms with Crippen molar-refractivity contribution in [2.45, 2.75) is 168 Å². The number of allylic oxidation sites excluding steroid dienone is 8. The van der Waals surface area contributed by atoms with E-state index in [0.717, 1.165) is 23.7 Å². The summed E-state index contributed by atoms with van der Waals surface area (Å²) in [6, 6.07) is 0.626. The lowest BCUT2D eigenvalue weighted by Gasteiger charge is -2.45. The minimum absolute atomic E-state index is 0.443. The molecule has 0 radical (unpaired) electrons. The van der Waals surface area contributed by atoms with Crippen molar-refractivity contribution in [2.24, 2.45) is 29.1 Å². The van der Waals surface area contributed by atoms with Gasteiger partial charge in [-0.25, -0.2) is 0 Å². The van der Waals surface area contributed by atoms with E-state index in [1.807, 2.05) is 16.7 Å². The number of hydrogen-bond donors (Lipinski definition) is 1. The van der Waals surface area contributed by atoms with Gasteiger partial charge in [0.15, 0.2) is 0 Å². The topological polar surface area (TPSA) is 12.0 Å². The van der Waals surface area contributed by atoms with Crippen LogP contribution in [0.25, 0.3) is 0 Å².